The van der Waals surface area contributed by atoms with Crippen LogP contribution < -0.4 is 5.32 Å². The van der Waals surface area contributed by atoms with Gasteiger partial charge in [0.15, 0.2) is 0 Å². The summed E-state index contributed by atoms with van der Waals surface area (Å²) in [5, 5.41) is 3.89. The van der Waals surface area contributed by atoms with Crippen molar-refractivity contribution in [3.63, 3.8) is 0 Å². The predicted octanol–water partition coefficient (Wildman–Crippen LogP) is 3.06. The number of halogens is 2. The van der Waals surface area contributed by atoms with Gasteiger partial charge < -0.3 is 5.32 Å². The summed E-state index contributed by atoms with van der Waals surface area (Å²) < 4.78 is 28.4. The maximum atomic E-state index is 12.9. The van der Waals surface area contributed by atoms with Crippen LogP contribution in [0.15, 0.2) is 48.5 Å². The van der Waals surface area contributed by atoms with Gasteiger partial charge in [0.25, 0.3) is 10.2 Å². The third kappa shape index (κ3) is 5.24. The topological polar surface area (TPSA) is 69.7 Å². The van der Waals surface area contributed by atoms with Gasteiger partial charge in [-0.25, -0.2) is 0 Å². The van der Waals surface area contributed by atoms with Crippen molar-refractivity contribution in [2.24, 2.45) is 0 Å². The molecule has 1 N–H and O–H groups in total. The number of hydrogen-bond acceptors (Lipinski definition) is 3. The Morgan fingerprint density at radius 1 is 1.00 bits per heavy atom. The number of hydrogen-bond donors (Lipinski definition) is 1. The highest BCUT2D eigenvalue weighted by molar-refractivity contribution is 7.86. The monoisotopic (exact) mass is 441 g/mol. The van der Waals surface area contributed by atoms with Crippen LogP contribution >= 0.6 is 23.2 Å². The van der Waals surface area contributed by atoms with Crippen LogP contribution in [-0.4, -0.2) is 42.6 Å². The van der Waals surface area contributed by atoms with E-state index in [1.165, 1.54) is 8.61 Å². The van der Waals surface area contributed by atoms with Crippen LogP contribution in [0.2, 0.25) is 10.0 Å². The molecule has 1 aliphatic rings. The second kappa shape index (κ2) is 9.24. The molecule has 2 aromatic rings. The summed E-state index contributed by atoms with van der Waals surface area (Å²) in [6, 6.07) is 14.3. The van der Waals surface area contributed by atoms with Crippen LogP contribution in [0.5, 0.6) is 0 Å². The van der Waals surface area contributed by atoms with Crippen molar-refractivity contribution in [3.8, 4) is 0 Å². The molecule has 9 heteroatoms. The highest BCUT2D eigenvalue weighted by atomic mass is 35.5. The zero-order chi connectivity index (χ0) is 20.1. The quantitative estimate of drug-likeness (QED) is 0.748. The minimum atomic E-state index is -3.71. The molecule has 0 aromatic heterocycles. The van der Waals surface area contributed by atoms with Gasteiger partial charge in [0, 0.05) is 36.2 Å². The molecule has 0 atom stereocenters. The fourth-order valence-electron chi connectivity index (χ4n) is 2.98. The first kappa shape index (κ1) is 21.1. The van der Waals surface area contributed by atoms with E-state index in [0.29, 0.717) is 29.6 Å². The van der Waals surface area contributed by atoms with Crippen molar-refractivity contribution >= 4 is 39.3 Å². The fourth-order valence-corrected chi connectivity index (χ4v) is 4.95. The lowest BCUT2D eigenvalue weighted by Gasteiger charge is -2.34. The Bertz CT molecular complexity index is 936. The average molecular weight is 442 g/mol. The lowest BCUT2D eigenvalue weighted by Crippen LogP contribution is -2.52. The van der Waals surface area contributed by atoms with Crippen molar-refractivity contribution in [3.05, 3.63) is 69.7 Å². The zero-order valence-corrected chi connectivity index (χ0v) is 17.5. The van der Waals surface area contributed by atoms with E-state index < -0.39 is 10.2 Å². The first-order chi connectivity index (χ1) is 13.4. The standard InChI is InChI=1S/C19H21Cl2N3O3S/c20-17-8-6-15(7-9-17)13-23-10-3-11-24(28(23,26)27)14-19(25)22-12-16-4-1-2-5-18(16)21/h1-2,4-9H,3,10-14H2,(H,22,25). The predicted molar refractivity (Wildman–Crippen MR) is 110 cm³/mol. The van der Waals surface area contributed by atoms with Crippen LogP contribution in [0, 0.1) is 0 Å². The molecule has 6 nitrogen and oxygen atoms in total. The molecule has 150 valence electrons. The van der Waals surface area contributed by atoms with Crippen molar-refractivity contribution < 1.29 is 13.2 Å². The molecule has 0 aliphatic carbocycles. The molecule has 3 rings (SSSR count). The lowest BCUT2D eigenvalue weighted by molar-refractivity contribution is -0.121. The van der Waals surface area contributed by atoms with Crippen LogP contribution in [0.4, 0.5) is 0 Å². The number of rotatable bonds is 6. The highest BCUT2D eigenvalue weighted by Gasteiger charge is 2.34. The van der Waals surface area contributed by atoms with Gasteiger partial charge in [0.05, 0.1) is 6.54 Å². The molecular weight excluding hydrogens is 421 g/mol. The first-order valence-electron chi connectivity index (χ1n) is 8.86. The molecule has 1 saturated heterocycles. The molecule has 28 heavy (non-hydrogen) atoms. The van der Waals surface area contributed by atoms with Crippen LogP contribution in [0.1, 0.15) is 17.5 Å². The van der Waals surface area contributed by atoms with Gasteiger partial charge in [-0.05, 0) is 35.7 Å². The molecule has 1 heterocycles. The normalized spacial score (nSPS) is 17.4. The molecule has 1 aliphatic heterocycles. The van der Waals surface area contributed by atoms with Gasteiger partial charge in [0.2, 0.25) is 5.91 Å². The van der Waals surface area contributed by atoms with E-state index in [2.05, 4.69) is 5.32 Å². The third-order valence-electron chi connectivity index (χ3n) is 4.49. The third-order valence-corrected chi connectivity index (χ3v) is 7.04. The Morgan fingerprint density at radius 2 is 1.68 bits per heavy atom. The number of benzene rings is 2. The Kier molecular flexibility index (Phi) is 6.95. The summed E-state index contributed by atoms with van der Waals surface area (Å²) in [6.45, 7) is 1.02. The van der Waals surface area contributed by atoms with Crippen LogP contribution in [0.25, 0.3) is 0 Å². The summed E-state index contributed by atoms with van der Waals surface area (Å²) in [7, 11) is -3.71. The number of amides is 1. The van der Waals surface area contributed by atoms with E-state index in [1.54, 1.807) is 30.3 Å². The van der Waals surface area contributed by atoms with E-state index in [-0.39, 0.29) is 25.5 Å². The summed E-state index contributed by atoms with van der Waals surface area (Å²) in [5.74, 6) is -0.364. The lowest BCUT2D eigenvalue weighted by atomic mass is 10.2. The van der Waals surface area contributed by atoms with Gasteiger partial charge in [-0.1, -0.05) is 53.5 Å². The SMILES string of the molecule is O=C(CN1CCCN(Cc2ccc(Cl)cc2)S1(=O)=O)NCc1ccccc1Cl. The minimum Gasteiger partial charge on any atom is -0.351 e. The Labute approximate surface area is 175 Å². The van der Waals surface area contributed by atoms with Crippen molar-refractivity contribution in [2.45, 2.75) is 19.5 Å². The molecule has 1 amide bonds. The van der Waals surface area contributed by atoms with Crippen molar-refractivity contribution in [1.29, 1.82) is 0 Å². The number of nitrogens with zero attached hydrogens (tertiary/aromatic N) is 2. The summed E-state index contributed by atoms with van der Waals surface area (Å²) in [4.78, 5) is 12.3. The van der Waals surface area contributed by atoms with Gasteiger partial charge in [-0.3, -0.25) is 4.79 Å². The molecule has 2 aromatic carbocycles. The maximum absolute atomic E-state index is 12.9. The molecule has 0 spiro atoms. The zero-order valence-electron chi connectivity index (χ0n) is 15.1. The molecule has 0 unspecified atom stereocenters. The molecule has 0 bridgehead atoms. The van der Waals surface area contributed by atoms with E-state index in [1.807, 2.05) is 18.2 Å². The van der Waals surface area contributed by atoms with Gasteiger partial charge in [-0.15, -0.1) is 0 Å². The summed E-state index contributed by atoms with van der Waals surface area (Å²) >= 11 is 12.0. The second-order valence-corrected chi connectivity index (χ2v) is 9.30. The number of carbonyl (C=O) groups is 1. The van der Waals surface area contributed by atoms with Gasteiger partial charge >= 0.3 is 0 Å². The smallest absolute Gasteiger partial charge is 0.282 e. The van der Waals surface area contributed by atoms with Gasteiger partial charge in [0.1, 0.15) is 0 Å². The number of carbonyl (C=O) groups excluding carboxylic acids is 1. The Morgan fingerprint density at radius 3 is 2.39 bits per heavy atom. The largest absolute Gasteiger partial charge is 0.351 e. The fraction of sp³-hybridized carbons (Fsp3) is 0.316. The second-order valence-electron chi connectivity index (χ2n) is 6.52. The minimum absolute atomic E-state index is 0.218. The van der Waals surface area contributed by atoms with E-state index in [4.69, 9.17) is 23.2 Å². The first-order valence-corrected chi connectivity index (χ1v) is 11.0. The average Bonchev–Trinajstić information content (AvgIpc) is 2.66. The van der Waals surface area contributed by atoms with E-state index in [9.17, 15) is 13.2 Å². The Hall–Kier alpha value is -1.64. The molecule has 0 saturated carbocycles. The molecule has 0 radical (unpaired) electrons. The van der Waals surface area contributed by atoms with E-state index >= 15 is 0 Å². The molecular formula is C19H21Cl2N3O3S. The van der Waals surface area contributed by atoms with Crippen LogP contribution in [-0.2, 0) is 28.1 Å². The summed E-state index contributed by atoms with van der Waals surface area (Å²) in [6.07, 6.45) is 0.657. The maximum Gasteiger partial charge on any atom is 0.282 e. The highest BCUT2D eigenvalue weighted by Crippen LogP contribution is 2.20. The Balaban J connectivity index is 1.60. The van der Waals surface area contributed by atoms with Gasteiger partial charge in [-0.2, -0.15) is 17.0 Å². The van der Waals surface area contributed by atoms with E-state index in [0.717, 1.165) is 11.1 Å². The summed E-state index contributed by atoms with van der Waals surface area (Å²) in [5.41, 5.74) is 1.63. The molecule has 1 fully saturated rings. The number of nitrogens with one attached hydrogen (secondary N) is 1. The van der Waals surface area contributed by atoms with Crippen molar-refractivity contribution in [1.82, 2.24) is 13.9 Å². The van der Waals surface area contributed by atoms with Crippen molar-refractivity contribution in [2.75, 3.05) is 19.6 Å². The van der Waals surface area contributed by atoms with Crippen LogP contribution in [0.3, 0.4) is 0 Å².